The van der Waals surface area contributed by atoms with Gasteiger partial charge in [0.15, 0.2) is 6.29 Å². The average molecular weight is 237 g/mol. The predicted octanol–water partition coefficient (Wildman–Crippen LogP) is 2.56. The van der Waals surface area contributed by atoms with Gasteiger partial charge >= 0.3 is 0 Å². The first-order chi connectivity index (χ1) is 5.83. The number of hydrogen-bond acceptors (Lipinski definition) is 2. The Morgan fingerprint density at radius 3 is 3.00 bits per heavy atom. The lowest BCUT2D eigenvalue weighted by atomic mass is 10.2. The first-order valence-electron chi connectivity index (χ1n) is 4.62. The Labute approximate surface area is 82.7 Å². The molecule has 0 saturated carbocycles. The van der Waals surface area contributed by atoms with Gasteiger partial charge in [-0.2, -0.15) is 0 Å². The standard InChI is InChI=1S/C9H17BrO2/c1-8(6-10)7-12-9-4-2-3-5-11-9/h8-9H,2-7H2,1H3. The summed E-state index contributed by atoms with van der Waals surface area (Å²) >= 11 is 3.42. The van der Waals surface area contributed by atoms with Crippen LogP contribution in [0.5, 0.6) is 0 Å². The van der Waals surface area contributed by atoms with Crippen molar-refractivity contribution in [2.45, 2.75) is 32.5 Å². The summed E-state index contributed by atoms with van der Waals surface area (Å²) in [4.78, 5) is 0. The fraction of sp³-hybridized carbons (Fsp3) is 1.00. The molecule has 2 unspecified atom stereocenters. The number of halogens is 1. The van der Waals surface area contributed by atoms with E-state index in [4.69, 9.17) is 9.47 Å². The summed E-state index contributed by atoms with van der Waals surface area (Å²) in [5.41, 5.74) is 0. The summed E-state index contributed by atoms with van der Waals surface area (Å²) in [5.74, 6) is 0.579. The highest BCUT2D eigenvalue weighted by Gasteiger charge is 2.14. The molecule has 3 heteroatoms. The van der Waals surface area contributed by atoms with Crippen LogP contribution in [0.2, 0.25) is 0 Å². The van der Waals surface area contributed by atoms with Crippen molar-refractivity contribution < 1.29 is 9.47 Å². The zero-order chi connectivity index (χ0) is 8.81. The molecule has 2 atom stereocenters. The van der Waals surface area contributed by atoms with Crippen LogP contribution in [0.15, 0.2) is 0 Å². The van der Waals surface area contributed by atoms with Crippen LogP contribution in [-0.2, 0) is 9.47 Å². The van der Waals surface area contributed by atoms with Gasteiger partial charge in [-0.05, 0) is 25.2 Å². The lowest BCUT2D eigenvalue weighted by Crippen LogP contribution is -2.24. The highest BCUT2D eigenvalue weighted by molar-refractivity contribution is 9.09. The topological polar surface area (TPSA) is 18.5 Å². The van der Waals surface area contributed by atoms with Gasteiger partial charge in [-0.25, -0.2) is 0 Å². The second-order valence-corrected chi connectivity index (χ2v) is 4.04. The molecule has 0 spiro atoms. The molecular weight excluding hydrogens is 220 g/mol. The summed E-state index contributed by atoms with van der Waals surface area (Å²) in [7, 11) is 0. The Bertz CT molecular complexity index is 113. The van der Waals surface area contributed by atoms with Crippen LogP contribution in [-0.4, -0.2) is 24.8 Å². The van der Waals surface area contributed by atoms with Crippen molar-refractivity contribution in [3.63, 3.8) is 0 Å². The summed E-state index contributed by atoms with van der Waals surface area (Å²) in [5, 5.41) is 1.000. The van der Waals surface area contributed by atoms with Crippen LogP contribution in [0.3, 0.4) is 0 Å². The molecule has 1 saturated heterocycles. The van der Waals surface area contributed by atoms with Gasteiger partial charge in [-0.3, -0.25) is 0 Å². The molecule has 0 radical (unpaired) electrons. The van der Waals surface area contributed by atoms with Gasteiger partial charge in [-0.1, -0.05) is 22.9 Å². The number of alkyl halides is 1. The van der Waals surface area contributed by atoms with E-state index < -0.39 is 0 Å². The SMILES string of the molecule is CC(CBr)COC1CCCCO1. The van der Waals surface area contributed by atoms with E-state index in [1.165, 1.54) is 12.8 Å². The number of hydrogen-bond donors (Lipinski definition) is 0. The van der Waals surface area contributed by atoms with Crippen molar-refractivity contribution >= 4 is 15.9 Å². The van der Waals surface area contributed by atoms with Crippen molar-refractivity contribution in [1.82, 2.24) is 0 Å². The molecule has 0 aromatic carbocycles. The smallest absolute Gasteiger partial charge is 0.157 e. The van der Waals surface area contributed by atoms with Gasteiger partial charge in [0.25, 0.3) is 0 Å². The van der Waals surface area contributed by atoms with Gasteiger partial charge < -0.3 is 9.47 Å². The molecule has 12 heavy (non-hydrogen) atoms. The Kier molecular flexibility index (Phi) is 5.19. The molecule has 72 valence electrons. The molecule has 1 heterocycles. The minimum absolute atomic E-state index is 0.0697. The first-order valence-corrected chi connectivity index (χ1v) is 5.74. The molecular formula is C9H17BrO2. The maximum atomic E-state index is 5.58. The van der Waals surface area contributed by atoms with E-state index in [1.807, 2.05) is 0 Å². The number of rotatable bonds is 4. The lowest BCUT2D eigenvalue weighted by molar-refractivity contribution is -0.167. The van der Waals surface area contributed by atoms with Crippen LogP contribution in [0.1, 0.15) is 26.2 Å². The van der Waals surface area contributed by atoms with Crippen molar-refractivity contribution in [2.75, 3.05) is 18.5 Å². The fourth-order valence-corrected chi connectivity index (χ4v) is 1.35. The van der Waals surface area contributed by atoms with E-state index in [2.05, 4.69) is 22.9 Å². The second-order valence-electron chi connectivity index (χ2n) is 3.39. The minimum Gasteiger partial charge on any atom is -0.353 e. The van der Waals surface area contributed by atoms with Gasteiger partial charge in [-0.15, -0.1) is 0 Å². The van der Waals surface area contributed by atoms with E-state index in [0.29, 0.717) is 5.92 Å². The molecule has 2 nitrogen and oxygen atoms in total. The third-order valence-electron chi connectivity index (χ3n) is 1.97. The van der Waals surface area contributed by atoms with E-state index >= 15 is 0 Å². The van der Waals surface area contributed by atoms with Crippen LogP contribution < -0.4 is 0 Å². The molecule has 0 bridgehead atoms. The highest BCUT2D eigenvalue weighted by atomic mass is 79.9. The highest BCUT2D eigenvalue weighted by Crippen LogP contribution is 2.14. The van der Waals surface area contributed by atoms with Crippen LogP contribution in [0.25, 0.3) is 0 Å². The average Bonchev–Trinajstić information content (AvgIpc) is 2.16. The lowest BCUT2D eigenvalue weighted by Gasteiger charge is -2.23. The molecule has 0 aromatic heterocycles. The maximum Gasteiger partial charge on any atom is 0.157 e. The van der Waals surface area contributed by atoms with E-state index in [9.17, 15) is 0 Å². The fourth-order valence-electron chi connectivity index (χ4n) is 1.16. The molecule has 1 rings (SSSR count). The Hall–Kier alpha value is 0.400. The molecule has 1 fully saturated rings. The Morgan fingerprint density at radius 1 is 1.58 bits per heavy atom. The summed E-state index contributed by atoms with van der Waals surface area (Å²) in [6.45, 7) is 3.83. The van der Waals surface area contributed by atoms with Crippen molar-refractivity contribution in [3.8, 4) is 0 Å². The van der Waals surface area contributed by atoms with Gasteiger partial charge in [0.05, 0.1) is 6.61 Å². The third kappa shape index (κ3) is 3.87. The minimum atomic E-state index is 0.0697. The molecule has 1 aliphatic heterocycles. The van der Waals surface area contributed by atoms with Crippen LogP contribution >= 0.6 is 15.9 Å². The van der Waals surface area contributed by atoms with Gasteiger partial charge in [0.2, 0.25) is 0 Å². The second kappa shape index (κ2) is 5.95. The third-order valence-corrected chi connectivity index (χ3v) is 3.07. The Morgan fingerprint density at radius 2 is 2.42 bits per heavy atom. The van der Waals surface area contributed by atoms with E-state index in [0.717, 1.165) is 25.0 Å². The van der Waals surface area contributed by atoms with Crippen LogP contribution in [0, 0.1) is 5.92 Å². The van der Waals surface area contributed by atoms with Gasteiger partial charge in [0.1, 0.15) is 0 Å². The van der Waals surface area contributed by atoms with Crippen molar-refractivity contribution in [3.05, 3.63) is 0 Å². The summed E-state index contributed by atoms with van der Waals surface area (Å²) < 4.78 is 11.0. The summed E-state index contributed by atoms with van der Waals surface area (Å²) in [6.07, 6.45) is 3.57. The zero-order valence-corrected chi connectivity index (χ0v) is 9.18. The van der Waals surface area contributed by atoms with E-state index in [-0.39, 0.29) is 6.29 Å². The monoisotopic (exact) mass is 236 g/mol. The molecule has 0 amide bonds. The molecule has 1 aliphatic rings. The molecule has 0 aliphatic carbocycles. The van der Waals surface area contributed by atoms with Crippen molar-refractivity contribution in [2.24, 2.45) is 5.92 Å². The van der Waals surface area contributed by atoms with E-state index in [1.54, 1.807) is 0 Å². The normalized spacial score (nSPS) is 27.0. The summed E-state index contributed by atoms with van der Waals surface area (Å²) in [6, 6.07) is 0. The quantitative estimate of drug-likeness (QED) is 0.699. The zero-order valence-electron chi connectivity index (χ0n) is 7.59. The van der Waals surface area contributed by atoms with Crippen LogP contribution in [0.4, 0.5) is 0 Å². The number of ether oxygens (including phenoxy) is 2. The Balaban J connectivity index is 2.05. The first kappa shape index (κ1) is 10.5. The maximum absolute atomic E-state index is 5.58. The predicted molar refractivity (Wildman–Crippen MR) is 52.5 cm³/mol. The van der Waals surface area contributed by atoms with Crippen molar-refractivity contribution in [1.29, 1.82) is 0 Å². The van der Waals surface area contributed by atoms with Gasteiger partial charge in [0, 0.05) is 11.9 Å². The largest absolute Gasteiger partial charge is 0.353 e. The molecule has 0 aromatic rings. The molecule has 0 N–H and O–H groups in total.